The molecule has 176 valence electrons. The van der Waals surface area contributed by atoms with E-state index in [1.165, 1.54) is 19.3 Å². The normalized spacial score (nSPS) is 24.7. The predicted octanol–water partition coefficient (Wildman–Crippen LogP) is 3.64. The largest absolute Gasteiger partial charge is 0.494 e. The molecule has 0 bridgehead atoms. The smallest absolute Gasteiger partial charge is 0.312 e. The van der Waals surface area contributed by atoms with Gasteiger partial charge in [-0.15, -0.1) is 0 Å². The first-order valence-corrected chi connectivity index (χ1v) is 10.9. The molecule has 0 saturated carbocycles. The van der Waals surface area contributed by atoms with Gasteiger partial charge >= 0.3 is 11.9 Å². The molecule has 2 rings (SSSR count). The second-order valence-electron chi connectivity index (χ2n) is 9.13. The lowest BCUT2D eigenvalue weighted by Crippen LogP contribution is -2.39. The summed E-state index contributed by atoms with van der Waals surface area (Å²) in [5.74, 6) is -2.07. The Kier molecular flexibility index (Phi) is 9.44. The predicted molar refractivity (Wildman–Crippen MR) is 119 cm³/mol. The van der Waals surface area contributed by atoms with Crippen molar-refractivity contribution in [1.29, 1.82) is 0 Å². The van der Waals surface area contributed by atoms with Crippen molar-refractivity contribution in [1.82, 2.24) is 0 Å². The van der Waals surface area contributed by atoms with E-state index in [9.17, 15) is 14.4 Å². The van der Waals surface area contributed by atoms with Gasteiger partial charge in [0.05, 0.1) is 31.8 Å². The number of rotatable bonds is 7. The molecule has 0 amide bonds. The highest BCUT2D eigenvalue weighted by atomic mass is 16.6. The quantitative estimate of drug-likeness (QED) is 0.359. The molecule has 0 unspecified atom stereocenters. The highest BCUT2D eigenvalue weighted by Gasteiger charge is 2.36. The summed E-state index contributed by atoms with van der Waals surface area (Å²) < 4.78 is 22.8. The topological polar surface area (TPSA) is 88.1 Å². The molecule has 1 aromatic rings. The SMILES string of the molecule is CC(=O)/C=C/O[C@@H]1[C@@H](Cc2ccccc2)COC[C@H](CC(=O)OC(C)(C)C)C(=O)O[C@H]1C. The maximum atomic E-state index is 12.8. The Labute approximate surface area is 190 Å². The number of cyclic esters (lactones) is 1. The van der Waals surface area contributed by atoms with Gasteiger partial charge in [0.2, 0.25) is 0 Å². The number of carbonyl (C=O) groups is 3. The van der Waals surface area contributed by atoms with Crippen LogP contribution < -0.4 is 0 Å². The monoisotopic (exact) mass is 446 g/mol. The van der Waals surface area contributed by atoms with Crippen LogP contribution >= 0.6 is 0 Å². The van der Waals surface area contributed by atoms with Crippen LogP contribution in [-0.2, 0) is 39.8 Å². The molecule has 0 aromatic heterocycles. The van der Waals surface area contributed by atoms with Crippen molar-refractivity contribution < 1.29 is 33.3 Å². The third-order valence-corrected chi connectivity index (χ3v) is 4.93. The van der Waals surface area contributed by atoms with Gasteiger partial charge in [0.15, 0.2) is 5.78 Å². The van der Waals surface area contributed by atoms with Crippen molar-refractivity contribution in [2.45, 2.75) is 65.3 Å². The minimum absolute atomic E-state index is 0.0477. The number of ether oxygens (including phenoxy) is 4. The Morgan fingerprint density at radius 1 is 1.16 bits per heavy atom. The Morgan fingerprint density at radius 2 is 1.84 bits per heavy atom. The second-order valence-corrected chi connectivity index (χ2v) is 9.13. The van der Waals surface area contributed by atoms with E-state index in [2.05, 4.69) is 0 Å². The standard InChI is InChI=1S/C25H34O7/c1-17(26)11-12-30-23-18(2)31-24(28)21(14-22(27)32-25(3,4)5)16-29-15-20(23)13-19-9-7-6-8-10-19/h6-12,18,20-21,23H,13-16H2,1-5H3/b12-11+/t18-,20-,21-,23-/m0/s1. The first kappa shape index (κ1) is 25.6. The number of hydrogen-bond acceptors (Lipinski definition) is 7. The van der Waals surface area contributed by atoms with Crippen LogP contribution in [0, 0.1) is 11.8 Å². The van der Waals surface area contributed by atoms with Gasteiger partial charge in [-0.3, -0.25) is 14.4 Å². The van der Waals surface area contributed by atoms with Crippen molar-refractivity contribution >= 4 is 17.7 Å². The van der Waals surface area contributed by atoms with Gasteiger partial charge in [0.25, 0.3) is 0 Å². The van der Waals surface area contributed by atoms with Gasteiger partial charge in [0.1, 0.15) is 17.8 Å². The average molecular weight is 447 g/mol. The number of allylic oxidation sites excluding steroid dienone is 1. The molecule has 0 aliphatic carbocycles. The van der Waals surface area contributed by atoms with E-state index in [0.717, 1.165) is 5.56 Å². The molecule has 0 radical (unpaired) electrons. The van der Waals surface area contributed by atoms with Crippen molar-refractivity contribution in [2.75, 3.05) is 13.2 Å². The summed E-state index contributed by atoms with van der Waals surface area (Å²) in [4.78, 5) is 36.3. The van der Waals surface area contributed by atoms with E-state index < -0.39 is 35.7 Å². The minimum Gasteiger partial charge on any atom is -0.494 e. The lowest BCUT2D eigenvalue weighted by atomic mass is 9.91. The van der Waals surface area contributed by atoms with Crippen molar-refractivity contribution in [2.24, 2.45) is 11.8 Å². The first-order valence-electron chi connectivity index (χ1n) is 10.9. The Bertz CT molecular complexity index is 794. The van der Waals surface area contributed by atoms with Gasteiger partial charge in [-0.25, -0.2) is 0 Å². The summed E-state index contributed by atoms with van der Waals surface area (Å²) >= 11 is 0. The van der Waals surface area contributed by atoms with Gasteiger partial charge in [-0.05, 0) is 46.6 Å². The maximum Gasteiger partial charge on any atom is 0.312 e. The number of benzene rings is 1. The molecule has 1 aliphatic rings. The number of esters is 2. The van der Waals surface area contributed by atoms with Crippen molar-refractivity contribution in [3.63, 3.8) is 0 Å². The fourth-order valence-electron chi connectivity index (χ4n) is 3.52. The Hall–Kier alpha value is -2.67. The molecule has 0 N–H and O–H groups in total. The molecule has 4 atom stereocenters. The second kappa shape index (κ2) is 11.8. The molecule has 1 heterocycles. The highest BCUT2D eigenvalue weighted by molar-refractivity contribution is 5.86. The van der Waals surface area contributed by atoms with Crippen LogP contribution in [-0.4, -0.2) is 48.7 Å². The molecule has 0 spiro atoms. The van der Waals surface area contributed by atoms with E-state index in [0.29, 0.717) is 13.0 Å². The molecule has 32 heavy (non-hydrogen) atoms. The maximum absolute atomic E-state index is 12.8. The van der Waals surface area contributed by atoms with Gasteiger partial charge < -0.3 is 18.9 Å². The molecule has 1 aliphatic heterocycles. The van der Waals surface area contributed by atoms with Crippen LogP contribution in [0.1, 0.15) is 46.6 Å². The van der Waals surface area contributed by atoms with E-state index >= 15 is 0 Å². The molecule has 1 saturated heterocycles. The summed E-state index contributed by atoms with van der Waals surface area (Å²) in [5, 5.41) is 0. The van der Waals surface area contributed by atoms with E-state index in [-0.39, 0.29) is 24.7 Å². The highest BCUT2D eigenvalue weighted by Crippen LogP contribution is 2.25. The Morgan fingerprint density at radius 3 is 2.47 bits per heavy atom. The Balaban J connectivity index is 2.19. The number of carbonyl (C=O) groups excluding carboxylic acids is 3. The molecule has 1 fully saturated rings. The summed E-state index contributed by atoms with van der Waals surface area (Å²) in [6, 6.07) is 9.88. The molecule has 7 heteroatoms. The van der Waals surface area contributed by atoms with Crippen LogP contribution in [0.3, 0.4) is 0 Å². The van der Waals surface area contributed by atoms with E-state index in [4.69, 9.17) is 18.9 Å². The first-order chi connectivity index (χ1) is 15.0. The van der Waals surface area contributed by atoms with Crippen molar-refractivity contribution in [3.05, 3.63) is 48.2 Å². The van der Waals surface area contributed by atoms with Gasteiger partial charge in [0, 0.05) is 12.0 Å². The zero-order valence-corrected chi connectivity index (χ0v) is 19.5. The van der Waals surface area contributed by atoms with Gasteiger partial charge in [-0.2, -0.15) is 0 Å². The zero-order chi connectivity index (χ0) is 23.7. The molecular formula is C25H34O7. The minimum atomic E-state index is -0.767. The van der Waals surface area contributed by atoms with Crippen LogP contribution in [0.25, 0.3) is 0 Å². The summed E-state index contributed by atoms with van der Waals surface area (Å²) in [6.07, 6.45) is 2.03. The lowest BCUT2D eigenvalue weighted by Gasteiger charge is -2.30. The third kappa shape index (κ3) is 8.83. The van der Waals surface area contributed by atoms with Crippen LogP contribution in [0.2, 0.25) is 0 Å². The summed E-state index contributed by atoms with van der Waals surface area (Å²) in [7, 11) is 0. The van der Waals surface area contributed by atoms with Crippen molar-refractivity contribution in [3.8, 4) is 0 Å². The fraction of sp³-hybridized carbons (Fsp3) is 0.560. The number of ketones is 1. The fourth-order valence-corrected chi connectivity index (χ4v) is 3.52. The summed E-state index contributed by atoms with van der Waals surface area (Å²) in [6.45, 7) is 8.85. The van der Waals surface area contributed by atoms with Gasteiger partial charge in [-0.1, -0.05) is 30.3 Å². The zero-order valence-electron chi connectivity index (χ0n) is 19.5. The summed E-state index contributed by atoms with van der Waals surface area (Å²) in [5.41, 5.74) is 0.449. The van der Waals surface area contributed by atoms with E-state index in [1.54, 1.807) is 27.7 Å². The van der Waals surface area contributed by atoms with Crippen LogP contribution in [0.5, 0.6) is 0 Å². The lowest BCUT2D eigenvalue weighted by molar-refractivity contribution is -0.167. The molecule has 7 nitrogen and oxygen atoms in total. The van der Waals surface area contributed by atoms with E-state index in [1.807, 2.05) is 30.3 Å². The third-order valence-electron chi connectivity index (χ3n) is 4.93. The van der Waals surface area contributed by atoms with Crippen LogP contribution in [0.4, 0.5) is 0 Å². The molecule has 1 aromatic carbocycles. The van der Waals surface area contributed by atoms with Crippen LogP contribution in [0.15, 0.2) is 42.7 Å². The molecular weight excluding hydrogens is 412 g/mol. The average Bonchev–Trinajstić information content (AvgIpc) is 2.72. The number of hydrogen-bond donors (Lipinski definition) is 0.